The van der Waals surface area contributed by atoms with Gasteiger partial charge in [0.2, 0.25) is 5.91 Å². The first kappa shape index (κ1) is 16.4. The summed E-state index contributed by atoms with van der Waals surface area (Å²) in [7, 11) is 0. The summed E-state index contributed by atoms with van der Waals surface area (Å²) in [4.78, 5) is 24.0. The summed E-state index contributed by atoms with van der Waals surface area (Å²) >= 11 is 3.38. The number of hydrogen-bond donors (Lipinski definition) is 1. The van der Waals surface area contributed by atoms with Gasteiger partial charge >= 0.3 is 5.63 Å². The SMILES string of the molecule is Cc1cc(=O)oc2cc(NC(=O)[C@@H](C)n3ncc(Br)c3C)ccc12. The van der Waals surface area contributed by atoms with Gasteiger partial charge in [0.25, 0.3) is 0 Å². The third-order valence-corrected chi connectivity index (χ3v) is 4.73. The van der Waals surface area contributed by atoms with Gasteiger partial charge in [-0.15, -0.1) is 0 Å². The Bertz CT molecular complexity index is 990. The molecule has 0 aliphatic carbocycles. The lowest BCUT2D eigenvalue weighted by Gasteiger charge is -2.15. The minimum Gasteiger partial charge on any atom is -0.423 e. The van der Waals surface area contributed by atoms with E-state index in [2.05, 4.69) is 26.3 Å². The molecule has 24 heavy (non-hydrogen) atoms. The second-order valence-electron chi connectivity index (χ2n) is 5.65. The Labute approximate surface area is 146 Å². The highest BCUT2D eigenvalue weighted by atomic mass is 79.9. The number of aromatic nitrogens is 2. The van der Waals surface area contributed by atoms with Crippen LogP contribution in [0.15, 0.2) is 44.1 Å². The van der Waals surface area contributed by atoms with Crippen molar-refractivity contribution in [2.24, 2.45) is 0 Å². The van der Waals surface area contributed by atoms with Gasteiger partial charge in [0.05, 0.1) is 16.4 Å². The number of halogens is 1. The van der Waals surface area contributed by atoms with Crippen molar-refractivity contribution in [3.8, 4) is 0 Å². The fourth-order valence-electron chi connectivity index (χ4n) is 2.55. The van der Waals surface area contributed by atoms with Crippen LogP contribution in [-0.2, 0) is 4.79 Å². The topological polar surface area (TPSA) is 77.1 Å². The number of nitrogens with zero attached hydrogens (tertiary/aromatic N) is 2. The Balaban J connectivity index is 1.88. The highest BCUT2D eigenvalue weighted by molar-refractivity contribution is 9.10. The van der Waals surface area contributed by atoms with Crippen molar-refractivity contribution in [2.75, 3.05) is 5.32 Å². The first-order valence-corrected chi connectivity index (χ1v) is 8.21. The minimum absolute atomic E-state index is 0.206. The van der Waals surface area contributed by atoms with Crippen LogP contribution in [0.5, 0.6) is 0 Å². The molecule has 0 aliphatic heterocycles. The first-order valence-electron chi connectivity index (χ1n) is 7.42. The molecule has 0 aliphatic rings. The fraction of sp³-hybridized carbons (Fsp3) is 0.235. The molecule has 1 N–H and O–H groups in total. The maximum absolute atomic E-state index is 12.5. The summed E-state index contributed by atoms with van der Waals surface area (Å²) in [6.45, 7) is 5.50. The average molecular weight is 390 g/mol. The van der Waals surface area contributed by atoms with Crippen molar-refractivity contribution < 1.29 is 9.21 Å². The van der Waals surface area contributed by atoms with Crippen LogP contribution in [0.4, 0.5) is 5.69 Å². The van der Waals surface area contributed by atoms with E-state index in [0.717, 1.165) is 21.1 Å². The summed E-state index contributed by atoms with van der Waals surface area (Å²) in [5, 5.41) is 7.87. The molecule has 6 nitrogen and oxygen atoms in total. The van der Waals surface area contributed by atoms with Gasteiger partial charge in [0.1, 0.15) is 11.6 Å². The molecule has 0 spiro atoms. The summed E-state index contributed by atoms with van der Waals surface area (Å²) in [6.07, 6.45) is 1.66. The molecule has 0 bridgehead atoms. The van der Waals surface area contributed by atoms with Crippen LogP contribution < -0.4 is 10.9 Å². The number of rotatable bonds is 3. The Morgan fingerprint density at radius 2 is 2.08 bits per heavy atom. The lowest BCUT2D eigenvalue weighted by molar-refractivity contribution is -0.119. The first-order chi connectivity index (χ1) is 11.4. The molecule has 3 aromatic rings. The van der Waals surface area contributed by atoms with E-state index in [1.54, 1.807) is 29.9 Å². The van der Waals surface area contributed by atoms with Gasteiger partial charge < -0.3 is 9.73 Å². The van der Waals surface area contributed by atoms with Gasteiger partial charge in [-0.1, -0.05) is 0 Å². The molecule has 0 saturated carbocycles. The van der Waals surface area contributed by atoms with E-state index >= 15 is 0 Å². The molecule has 0 saturated heterocycles. The predicted octanol–water partition coefficient (Wildman–Crippen LogP) is 3.57. The van der Waals surface area contributed by atoms with Crippen LogP contribution in [-0.4, -0.2) is 15.7 Å². The van der Waals surface area contributed by atoms with Gasteiger partial charge in [0, 0.05) is 23.2 Å². The third kappa shape index (κ3) is 2.99. The van der Waals surface area contributed by atoms with Crippen LogP contribution in [0.1, 0.15) is 24.2 Å². The second kappa shape index (κ2) is 6.24. The largest absolute Gasteiger partial charge is 0.423 e. The minimum atomic E-state index is -0.475. The van der Waals surface area contributed by atoms with E-state index in [4.69, 9.17) is 4.42 Å². The molecule has 1 amide bonds. The number of carbonyl (C=O) groups is 1. The average Bonchev–Trinajstić information content (AvgIpc) is 2.85. The van der Waals surface area contributed by atoms with Gasteiger partial charge in [-0.2, -0.15) is 5.10 Å². The number of hydrogen-bond acceptors (Lipinski definition) is 4. The molecule has 7 heteroatoms. The number of anilines is 1. The lowest BCUT2D eigenvalue weighted by Crippen LogP contribution is -2.25. The molecule has 2 aromatic heterocycles. The van der Waals surface area contributed by atoms with Crippen molar-refractivity contribution in [1.29, 1.82) is 0 Å². The van der Waals surface area contributed by atoms with Crippen molar-refractivity contribution in [3.05, 3.63) is 56.6 Å². The number of fused-ring (bicyclic) bond motifs is 1. The number of carbonyl (C=O) groups excluding carboxylic acids is 1. The molecule has 2 heterocycles. The van der Waals surface area contributed by atoms with Crippen molar-refractivity contribution >= 4 is 38.5 Å². The van der Waals surface area contributed by atoms with Crippen LogP contribution in [0, 0.1) is 13.8 Å². The molecule has 1 aromatic carbocycles. The summed E-state index contributed by atoms with van der Waals surface area (Å²) in [5.41, 5.74) is 2.32. The van der Waals surface area contributed by atoms with E-state index < -0.39 is 11.7 Å². The van der Waals surface area contributed by atoms with E-state index in [0.29, 0.717) is 11.3 Å². The standard InChI is InChI=1S/C17H16BrN3O3/c1-9-6-16(22)24-15-7-12(4-5-13(9)15)20-17(23)11(3)21-10(2)14(18)8-19-21/h4-8,11H,1-3H3,(H,20,23)/t11-/m1/s1. The fourth-order valence-corrected chi connectivity index (χ4v) is 2.83. The Morgan fingerprint density at radius 3 is 2.75 bits per heavy atom. The highest BCUT2D eigenvalue weighted by Crippen LogP contribution is 2.23. The molecule has 0 fully saturated rings. The smallest absolute Gasteiger partial charge is 0.336 e. The Kier molecular flexibility index (Phi) is 4.28. The molecule has 124 valence electrons. The van der Waals surface area contributed by atoms with Crippen LogP contribution in [0.25, 0.3) is 11.0 Å². The number of aryl methyl sites for hydroxylation is 1. The molecule has 1 atom stereocenters. The molecular weight excluding hydrogens is 374 g/mol. The van der Waals surface area contributed by atoms with E-state index in [-0.39, 0.29) is 5.91 Å². The zero-order valence-electron chi connectivity index (χ0n) is 13.5. The quantitative estimate of drug-likeness (QED) is 0.694. The predicted molar refractivity (Wildman–Crippen MR) is 95.2 cm³/mol. The maximum Gasteiger partial charge on any atom is 0.336 e. The van der Waals surface area contributed by atoms with Gasteiger partial charge in [0.15, 0.2) is 0 Å². The van der Waals surface area contributed by atoms with E-state index in [1.807, 2.05) is 19.9 Å². The lowest BCUT2D eigenvalue weighted by atomic mass is 10.1. The van der Waals surface area contributed by atoms with Crippen molar-refractivity contribution in [2.45, 2.75) is 26.8 Å². The van der Waals surface area contributed by atoms with Crippen LogP contribution in [0.3, 0.4) is 0 Å². The van der Waals surface area contributed by atoms with Gasteiger partial charge in [-0.25, -0.2) is 4.79 Å². The van der Waals surface area contributed by atoms with Gasteiger partial charge in [-0.05, 0) is 54.4 Å². The summed E-state index contributed by atoms with van der Waals surface area (Å²) in [6, 6.07) is 6.23. The number of amides is 1. The normalized spacial score (nSPS) is 12.3. The molecule has 3 rings (SSSR count). The Hall–Kier alpha value is -2.41. The number of benzene rings is 1. The molecule has 0 unspecified atom stereocenters. The molecular formula is C17H16BrN3O3. The maximum atomic E-state index is 12.5. The van der Waals surface area contributed by atoms with E-state index in [9.17, 15) is 9.59 Å². The number of nitrogens with one attached hydrogen (secondary N) is 1. The van der Waals surface area contributed by atoms with E-state index in [1.165, 1.54) is 6.07 Å². The zero-order valence-corrected chi connectivity index (χ0v) is 15.0. The van der Waals surface area contributed by atoms with Crippen LogP contribution >= 0.6 is 15.9 Å². The van der Waals surface area contributed by atoms with Crippen molar-refractivity contribution in [3.63, 3.8) is 0 Å². The highest BCUT2D eigenvalue weighted by Gasteiger charge is 2.19. The van der Waals surface area contributed by atoms with Crippen molar-refractivity contribution in [1.82, 2.24) is 9.78 Å². The van der Waals surface area contributed by atoms with Crippen LogP contribution in [0.2, 0.25) is 0 Å². The summed E-state index contributed by atoms with van der Waals surface area (Å²) < 4.78 is 7.70. The Morgan fingerprint density at radius 1 is 1.33 bits per heavy atom. The molecule has 0 radical (unpaired) electrons. The zero-order chi connectivity index (χ0) is 17.4. The monoisotopic (exact) mass is 389 g/mol. The third-order valence-electron chi connectivity index (χ3n) is 3.95. The van der Waals surface area contributed by atoms with Gasteiger partial charge in [-0.3, -0.25) is 9.48 Å². The second-order valence-corrected chi connectivity index (χ2v) is 6.50. The summed E-state index contributed by atoms with van der Waals surface area (Å²) in [5.74, 6) is -0.206.